The molecule has 1 aromatic rings. The lowest BCUT2D eigenvalue weighted by Gasteiger charge is -2.23. The maximum absolute atomic E-state index is 6.04. The van der Waals surface area contributed by atoms with Gasteiger partial charge >= 0.3 is 0 Å². The first-order chi connectivity index (χ1) is 8.52. The van der Waals surface area contributed by atoms with Gasteiger partial charge in [0.05, 0.1) is 0 Å². The van der Waals surface area contributed by atoms with E-state index in [0.717, 1.165) is 24.5 Å². The zero-order valence-corrected chi connectivity index (χ0v) is 12.7. The summed E-state index contributed by atoms with van der Waals surface area (Å²) in [7, 11) is 4.19. The van der Waals surface area contributed by atoms with Crippen LogP contribution in [-0.2, 0) is 0 Å². The number of nitrogens with zero attached hydrogens (tertiary/aromatic N) is 1. The molecule has 0 amide bonds. The van der Waals surface area contributed by atoms with Crippen molar-refractivity contribution in [2.75, 3.05) is 27.2 Å². The van der Waals surface area contributed by atoms with Crippen LogP contribution in [0.3, 0.4) is 0 Å². The van der Waals surface area contributed by atoms with Crippen LogP contribution in [0.5, 0.6) is 0 Å². The Balaban J connectivity index is 2.52. The van der Waals surface area contributed by atoms with Gasteiger partial charge in [0.1, 0.15) is 0 Å². The van der Waals surface area contributed by atoms with Crippen molar-refractivity contribution in [3.63, 3.8) is 0 Å². The molecule has 0 saturated carbocycles. The monoisotopic (exact) mass is 268 g/mol. The Morgan fingerprint density at radius 1 is 1.33 bits per heavy atom. The fourth-order valence-electron chi connectivity index (χ4n) is 2.27. The molecule has 1 atom stereocenters. The van der Waals surface area contributed by atoms with Gasteiger partial charge in [0, 0.05) is 17.6 Å². The lowest BCUT2D eigenvalue weighted by molar-refractivity contribution is 0.279. The van der Waals surface area contributed by atoms with E-state index in [0.29, 0.717) is 12.0 Å². The Labute approximate surface area is 116 Å². The summed E-state index contributed by atoms with van der Waals surface area (Å²) in [6.45, 7) is 6.74. The lowest BCUT2D eigenvalue weighted by atomic mass is 10.0. The average molecular weight is 269 g/mol. The molecule has 3 heteroatoms. The zero-order chi connectivity index (χ0) is 13.5. The molecule has 18 heavy (non-hydrogen) atoms. The maximum atomic E-state index is 6.04. The SMILES string of the molecule is CNC(CCN(C)CC(C)C)c1cccc(Cl)c1. The fraction of sp³-hybridized carbons (Fsp3) is 0.600. The second-order valence-electron chi connectivity index (χ2n) is 5.34. The normalized spacial score (nSPS) is 13.3. The molecule has 1 unspecified atom stereocenters. The zero-order valence-electron chi connectivity index (χ0n) is 11.9. The van der Waals surface area contributed by atoms with Gasteiger partial charge < -0.3 is 10.2 Å². The van der Waals surface area contributed by atoms with Gasteiger partial charge in [-0.05, 0) is 50.7 Å². The third-order valence-corrected chi connectivity index (χ3v) is 3.31. The van der Waals surface area contributed by atoms with Crippen LogP contribution in [0.4, 0.5) is 0 Å². The Kier molecular flexibility index (Phi) is 6.69. The van der Waals surface area contributed by atoms with Gasteiger partial charge in [-0.3, -0.25) is 0 Å². The first kappa shape index (κ1) is 15.5. The Morgan fingerprint density at radius 2 is 2.06 bits per heavy atom. The lowest BCUT2D eigenvalue weighted by Crippen LogP contribution is -2.28. The second kappa shape index (κ2) is 7.78. The van der Waals surface area contributed by atoms with Gasteiger partial charge in [-0.15, -0.1) is 0 Å². The van der Waals surface area contributed by atoms with Crippen LogP contribution in [0.15, 0.2) is 24.3 Å². The van der Waals surface area contributed by atoms with Gasteiger partial charge in [0.25, 0.3) is 0 Å². The van der Waals surface area contributed by atoms with E-state index in [1.807, 2.05) is 25.2 Å². The number of hydrogen-bond acceptors (Lipinski definition) is 2. The molecule has 2 nitrogen and oxygen atoms in total. The molecule has 0 spiro atoms. The van der Waals surface area contributed by atoms with Crippen LogP contribution in [0.2, 0.25) is 5.02 Å². The average Bonchev–Trinajstić information content (AvgIpc) is 2.29. The first-order valence-corrected chi connectivity index (χ1v) is 7.02. The van der Waals surface area contributed by atoms with E-state index in [1.54, 1.807) is 0 Å². The van der Waals surface area contributed by atoms with Crippen molar-refractivity contribution < 1.29 is 0 Å². The van der Waals surface area contributed by atoms with E-state index in [-0.39, 0.29) is 0 Å². The van der Waals surface area contributed by atoms with E-state index >= 15 is 0 Å². The molecule has 1 aromatic carbocycles. The number of halogens is 1. The van der Waals surface area contributed by atoms with Crippen molar-refractivity contribution in [2.45, 2.75) is 26.3 Å². The number of nitrogens with one attached hydrogen (secondary N) is 1. The van der Waals surface area contributed by atoms with Gasteiger partial charge in [-0.25, -0.2) is 0 Å². The third kappa shape index (κ3) is 5.38. The van der Waals surface area contributed by atoms with Gasteiger partial charge in [0.15, 0.2) is 0 Å². The topological polar surface area (TPSA) is 15.3 Å². The quantitative estimate of drug-likeness (QED) is 0.813. The van der Waals surface area contributed by atoms with Crippen LogP contribution in [0, 0.1) is 5.92 Å². The largest absolute Gasteiger partial charge is 0.313 e. The summed E-state index contributed by atoms with van der Waals surface area (Å²) in [6.07, 6.45) is 1.10. The molecule has 0 fully saturated rings. The molecule has 0 saturated heterocycles. The van der Waals surface area contributed by atoms with Crippen LogP contribution in [0.1, 0.15) is 31.9 Å². The van der Waals surface area contributed by atoms with Crippen LogP contribution in [0.25, 0.3) is 0 Å². The number of hydrogen-bond donors (Lipinski definition) is 1. The highest BCUT2D eigenvalue weighted by atomic mass is 35.5. The van der Waals surface area contributed by atoms with Crippen LogP contribution < -0.4 is 5.32 Å². The molecule has 0 bridgehead atoms. The fourth-order valence-corrected chi connectivity index (χ4v) is 2.46. The highest BCUT2D eigenvalue weighted by molar-refractivity contribution is 6.30. The van der Waals surface area contributed by atoms with Gasteiger partial charge in [-0.1, -0.05) is 37.6 Å². The predicted molar refractivity (Wildman–Crippen MR) is 80.2 cm³/mol. The molecule has 1 N–H and O–H groups in total. The Morgan fingerprint density at radius 3 is 2.61 bits per heavy atom. The van der Waals surface area contributed by atoms with E-state index < -0.39 is 0 Å². The van der Waals surface area contributed by atoms with E-state index in [9.17, 15) is 0 Å². The highest BCUT2D eigenvalue weighted by Crippen LogP contribution is 2.20. The molecule has 0 aliphatic heterocycles. The van der Waals surface area contributed by atoms with E-state index in [4.69, 9.17) is 11.6 Å². The Hall–Kier alpha value is -0.570. The van der Waals surface area contributed by atoms with Crippen molar-refractivity contribution in [1.82, 2.24) is 10.2 Å². The van der Waals surface area contributed by atoms with Crippen LogP contribution >= 0.6 is 11.6 Å². The van der Waals surface area contributed by atoms with Crippen molar-refractivity contribution >= 4 is 11.6 Å². The van der Waals surface area contributed by atoms with Crippen molar-refractivity contribution in [3.05, 3.63) is 34.9 Å². The molecule has 1 rings (SSSR count). The molecular weight excluding hydrogens is 244 g/mol. The summed E-state index contributed by atoms with van der Waals surface area (Å²) in [4.78, 5) is 2.39. The second-order valence-corrected chi connectivity index (χ2v) is 5.78. The minimum Gasteiger partial charge on any atom is -0.313 e. The molecule has 0 aromatic heterocycles. The Bertz CT molecular complexity index is 352. The minimum absolute atomic E-state index is 0.373. The molecule has 0 heterocycles. The first-order valence-electron chi connectivity index (χ1n) is 6.64. The summed E-state index contributed by atoms with van der Waals surface area (Å²) in [6, 6.07) is 8.49. The number of rotatable bonds is 7. The minimum atomic E-state index is 0.373. The molecule has 102 valence electrons. The molecular formula is C15H25ClN2. The predicted octanol–water partition coefficient (Wildman–Crippen LogP) is 3.58. The van der Waals surface area contributed by atoms with Crippen molar-refractivity contribution in [3.8, 4) is 0 Å². The van der Waals surface area contributed by atoms with E-state index in [1.165, 1.54) is 5.56 Å². The van der Waals surface area contributed by atoms with Gasteiger partial charge in [0.2, 0.25) is 0 Å². The van der Waals surface area contributed by atoms with Crippen LogP contribution in [-0.4, -0.2) is 32.1 Å². The maximum Gasteiger partial charge on any atom is 0.0409 e. The summed E-state index contributed by atoms with van der Waals surface area (Å²) in [5.41, 5.74) is 1.27. The van der Waals surface area contributed by atoms with Gasteiger partial charge in [-0.2, -0.15) is 0 Å². The summed E-state index contributed by atoms with van der Waals surface area (Å²) in [5.74, 6) is 0.717. The summed E-state index contributed by atoms with van der Waals surface area (Å²) >= 11 is 6.04. The number of benzene rings is 1. The summed E-state index contributed by atoms with van der Waals surface area (Å²) in [5, 5.41) is 4.18. The van der Waals surface area contributed by atoms with Crippen molar-refractivity contribution in [2.24, 2.45) is 5.92 Å². The smallest absolute Gasteiger partial charge is 0.0409 e. The molecule has 0 radical (unpaired) electrons. The third-order valence-electron chi connectivity index (χ3n) is 3.08. The van der Waals surface area contributed by atoms with Crippen molar-refractivity contribution in [1.29, 1.82) is 0 Å². The highest BCUT2D eigenvalue weighted by Gasteiger charge is 2.11. The molecule has 0 aliphatic carbocycles. The van der Waals surface area contributed by atoms with E-state index in [2.05, 4.69) is 37.2 Å². The standard InChI is InChI=1S/C15H25ClN2/c1-12(2)11-18(4)9-8-15(17-3)13-6-5-7-14(16)10-13/h5-7,10,12,15,17H,8-9,11H2,1-4H3. The molecule has 0 aliphatic rings. The summed E-state index contributed by atoms with van der Waals surface area (Å²) < 4.78 is 0.